The highest BCUT2D eigenvalue weighted by molar-refractivity contribution is 9.09. The molecule has 0 aliphatic carbocycles. The Kier molecular flexibility index (Phi) is 9.53. The van der Waals surface area contributed by atoms with Gasteiger partial charge in [-0.1, -0.05) is 47.3 Å². The Bertz CT molecular complexity index is 152. The fourth-order valence-electron chi connectivity index (χ4n) is 1.57. The van der Waals surface area contributed by atoms with Crippen molar-refractivity contribution in [3.8, 4) is 0 Å². The third-order valence-corrected chi connectivity index (χ3v) is 7.26. The van der Waals surface area contributed by atoms with Crippen LogP contribution in [0.1, 0.15) is 33.6 Å². The van der Waals surface area contributed by atoms with Gasteiger partial charge in [0.25, 0.3) is 0 Å². The molecule has 0 aliphatic rings. The van der Waals surface area contributed by atoms with Crippen molar-refractivity contribution in [3.63, 3.8) is 0 Å². The molecule has 0 N–H and O–H groups in total. The Morgan fingerprint density at radius 1 is 1.33 bits per heavy atom. The standard InChI is InChI=1S/C10H22BrClO2Si/c1-4-6-8-15(9-7-11,13-5-2)14-10(3)12/h10H,4-9H2,1-3H3. The Morgan fingerprint density at radius 2 is 2.00 bits per heavy atom. The second-order valence-electron chi connectivity index (χ2n) is 3.55. The van der Waals surface area contributed by atoms with Crippen LogP contribution in [0.15, 0.2) is 0 Å². The van der Waals surface area contributed by atoms with Crippen molar-refractivity contribution in [2.24, 2.45) is 0 Å². The Balaban J connectivity index is 4.40. The van der Waals surface area contributed by atoms with Crippen LogP contribution in [0.5, 0.6) is 0 Å². The zero-order chi connectivity index (χ0) is 11.7. The van der Waals surface area contributed by atoms with Crippen molar-refractivity contribution in [1.82, 2.24) is 0 Å². The second kappa shape index (κ2) is 8.99. The van der Waals surface area contributed by atoms with Crippen LogP contribution in [-0.4, -0.2) is 26.1 Å². The summed E-state index contributed by atoms with van der Waals surface area (Å²) in [5.74, 6) is 0. The third-order valence-electron chi connectivity index (χ3n) is 2.17. The molecule has 0 saturated heterocycles. The van der Waals surface area contributed by atoms with Crippen molar-refractivity contribution in [2.75, 3.05) is 11.9 Å². The van der Waals surface area contributed by atoms with E-state index in [-0.39, 0.29) is 5.56 Å². The van der Waals surface area contributed by atoms with E-state index in [1.165, 1.54) is 6.42 Å². The molecule has 0 heterocycles. The van der Waals surface area contributed by atoms with E-state index in [2.05, 4.69) is 22.9 Å². The molecule has 0 rings (SSSR count). The van der Waals surface area contributed by atoms with Gasteiger partial charge in [0.15, 0.2) is 0 Å². The fraction of sp³-hybridized carbons (Fsp3) is 1.00. The summed E-state index contributed by atoms with van der Waals surface area (Å²) in [6.07, 6.45) is 2.33. The minimum Gasteiger partial charge on any atom is -0.394 e. The lowest BCUT2D eigenvalue weighted by molar-refractivity contribution is 0.165. The van der Waals surface area contributed by atoms with Gasteiger partial charge in [-0.2, -0.15) is 0 Å². The van der Waals surface area contributed by atoms with Crippen LogP contribution in [0.3, 0.4) is 0 Å². The molecule has 0 spiro atoms. The van der Waals surface area contributed by atoms with Gasteiger partial charge in [-0.15, -0.1) is 0 Å². The van der Waals surface area contributed by atoms with Gasteiger partial charge in [-0.05, 0) is 19.9 Å². The SMILES string of the molecule is CCCC[Si](CCBr)(OCC)OC(C)Cl. The summed E-state index contributed by atoms with van der Waals surface area (Å²) in [4.78, 5) is 0. The van der Waals surface area contributed by atoms with Gasteiger partial charge in [0.05, 0.1) is 0 Å². The van der Waals surface area contributed by atoms with Crippen LogP contribution in [0.25, 0.3) is 0 Å². The zero-order valence-corrected chi connectivity index (χ0v) is 13.2. The number of hydrogen-bond donors (Lipinski definition) is 0. The first-order chi connectivity index (χ1) is 7.10. The normalized spacial score (nSPS) is 17.4. The van der Waals surface area contributed by atoms with Crippen molar-refractivity contribution in [1.29, 1.82) is 0 Å². The van der Waals surface area contributed by atoms with Gasteiger partial charge in [-0.3, -0.25) is 0 Å². The smallest absolute Gasteiger partial charge is 0.340 e. The van der Waals surface area contributed by atoms with Crippen LogP contribution < -0.4 is 0 Å². The lowest BCUT2D eigenvalue weighted by Gasteiger charge is -2.31. The summed E-state index contributed by atoms with van der Waals surface area (Å²) in [6.45, 7) is 6.78. The largest absolute Gasteiger partial charge is 0.394 e. The minimum absolute atomic E-state index is 0.251. The number of alkyl halides is 2. The van der Waals surface area contributed by atoms with Gasteiger partial charge in [0.2, 0.25) is 0 Å². The van der Waals surface area contributed by atoms with Crippen molar-refractivity contribution in [2.45, 2.75) is 51.3 Å². The lowest BCUT2D eigenvalue weighted by Crippen LogP contribution is -2.44. The predicted molar refractivity (Wildman–Crippen MR) is 72.1 cm³/mol. The maximum atomic E-state index is 5.93. The molecule has 0 aromatic heterocycles. The monoisotopic (exact) mass is 316 g/mol. The van der Waals surface area contributed by atoms with Crippen LogP contribution >= 0.6 is 27.5 Å². The van der Waals surface area contributed by atoms with E-state index >= 15 is 0 Å². The first-order valence-electron chi connectivity index (χ1n) is 5.62. The molecule has 2 atom stereocenters. The molecular weight excluding hydrogens is 296 g/mol. The Morgan fingerprint density at radius 3 is 2.40 bits per heavy atom. The molecule has 0 aromatic carbocycles. The molecule has 0 bridgehead atoms. The summed E-state index contributed by atoms with van der Waals surface area (Å²) < 4.78 is 11.8. The van der Waals surface area contributed by atoms with Crippen LogP contribution in [0.4, 0.5) is 0 Å². The molecule has 2 nitrogen and oxygen atoms in total. The molecule has 15 heavy (non-hydrogen) atoms. The maximum absolute atomic E-state index is 5.93. The number of hydrogen-bond acceptors (Lipinski definition) is 2. The molecule has 0 radical (unpaired) electrons. The van der Waals surface area contributed by atoms with Crippen LogP contribution in [0, 0.1) is 0 Å². The molecule has 0 amide bonds. The van der Waals surface area contributed by atoms with Crippen molar-refractivity contribution < 1.29 is 8.85 Å². The lowest BCUT2D eigenvalue weighted by atomic mass is 10.4. The Labute approximate surface area is 108 Å². The summed E-state index contributed by atoms with van der Waals surface area (Å²) in [7, 11) is -2.06. The highest BCUT2D eigenvalue weighted by atomic mass is 79.9. The number of rotatable bonds is 9. The summed E-state index contributed by atoms with van der Waals surface area (Å²) in [5.41, 5.74) is -0.251. The van der Waals surface area contributed by atoms with E-state index in [0.29, 0.717) is 6.61 Å². The van der Waals surface area contributed by atoms with E-state index < -0.39 is 8.56 Å². The summed E-state index contributed by atoms with van der Waals surface area (Å²) >= 11 is 9.40. The van der Waals surface area contributed by atoms with E-state index in [4.69, 9.17) is 20.5 Å². The maximum Gasteiger partial charge on any atom is 0.340 e. The highest BCUT2D eigenvalue weighted by Gasteiger charge is 2.37. The van der Waals surface area contributed by atoms with E-state index in [1.807, 2.05) is 13.8 Å². The zero-order valence-electron chi connectivity index (χ0n) is 9.89. The predicted octanol–water partition coefficient (Wildman–Crippen LogP) is 4.26. The third kappa shape index (κ3) is 6.95. The first kappa shape index (κ1) is 15.9. The summed E-state index contributed by atoms with van der Waals surface area (Å²) in [6, 6.07) is 2.01. The molecule has 0 saturated carbocycles. The second-order valence-corrected chi connectivity index (χ2v) is 8.30. The fourth-order valence-corrected chi connectivity index (χ4v) is 7.01. The van der Waals surface area contributed by atoms with Crippen molar-refractivity contribution >= 4 is 36.1 Å². The molecule has 0 fully saturated rings. The molecule has 0 aromatic rings. The van der Waals surface area contributed by atoms with E-state index in [9.17, 15) is 0 Å². The van der Waals surface area contributed by atoms with Gasteiger partial charge in [0, 0.05) is 18.0 Å². The molecule has 92 valence electrons. The molecule has 2 unspecified atom stereocenters. The molecular formula is C10H22BrClO2Si. The minimum atomic E-state index is -2.06. The first-order valence-corrected chi connectivity index (χ1v) is 9.41. The number of unbranched alkanes of at least 4 members (excludes halogenated alkanes) is 1. The van der Waals surface area contributed by atoms with Crippen LogP contribution in [0.2, 0.25) is 12.1 Å². The summed E-state index contributed by atoms with van der Waals surface area (Å²) in [5, 5.41) is 0.923. The van der Waals surface area contributed by atoms with Crippen molar-refractivity contribution in [3.05, 3.63) is 0 Å². The van der Waals surface area contributed by atoms with E-state index in [1.54, 1.807) is 0 Å². The highest BCUT2D eigenvalue weighted by Crippen LogP contribution is 2.25. The van der Waals surface area contributed by atoms with Gasteiger partial charge >= 0.3 is 8.56 Å². The van der Waals surface area contributed by atoms with Gasteiger partial charge < -0.3 is 8.85 Å². The Hall–Kier alpha value is 0.907. The molecule has 5 heteroatoms. The van der Waals surface area contributed by atoms with Crippen LogP contribution in [-0.2, 0) is 8.85 Å². The average molecular weight is 318 g/mol. The number of halogens is 2. The van der Waals surface area contributed by atoms with Gasteiger partial charge in [0.1, 0.15) is 5.56 Å². The topological polar surface area (TPSA) is 18.5 Å². The van der Waals surface area contributed by atoms with E-state index in [0.717, 1.165) is 23.8 Å². The van der Waals surface area contributed by atoms with Gasteiger partial charge in [-0.25, -0.2) is 0 Å². The molecule has 0 aliphatic heterocycles. The quantitative estimate of drug-likeness (QED) is 0.467. The average Bonchev–Trinajstić information content (AvgIpc) is 2.14.